The second-order valence-electron chi connectivity index (χ2n) is 6.69. The molecule has 1 saturated heterocycles. The van der Waals surface area contributed by atoms with Crippen LogP contribution in [-0.4, -0.2) is 42.3 Å². The van der Waals surface area contributed by atoms with Crippen LogP contribution in [0, 0.1) is 11.3 Å². The van der Waals surface area contributed by atoms with Crippen molar-refractivity contribution in [3.05, 3.63) is 0 Å². The molecule has 1 unspecified atom stereocenters. The molecule has 106 valence electrons. The van der Waals surface area contributed by atoms with Gasteiger partial charge in [0.05, 0.1) is 6.61 Å². The molecule has 0 amide bonds. The van der Waals surface area contributed by atoms with Crippen molar-refractivity contribution >= 4 is 0 Å². The van der Waals surface area contributed by atoms with Crippen molar-refractivity contribution in [2.75, 3.05) is 26.2 Å². The molecular weight excluding hydrogens is 224 g/mol. The Morgan fingerprint density at radius 3 is 2.56 bits per heavy atom. The molecule has 1 aliphatic carbocycles. The first-order chi connectivity index (χ1) is 8.69. The van der Waals surface area contributed by atoms with Gasteiger partial charge in [-0.3, -0.25) is 4.90 Å². The quantitative estimate of drug-likeness (QED) is 0.806. The maximum Gasteiger partial charge on any atom is 0.0586 e. The Hall–Kier alpha value is -0.120. The molecule has 0 aromatic carbocycles. The van der Waals surface area contributed by atoms with E-state index in [2.05, 4.69) is 11.8 Å². The highest BCUT2D eigenvalue weighted by atomic mass is 16.3. The van der Waals surface area contributed by atoms with Gasteiger partial charge in [0.15, 0.2) is 0 Å². The maximum absolute atomic E-state index is 9.52. The number of aliphatic hydroxyl groups excluding tert-OH is 1. The molecular formula is C15H30N2O. The van der Waals surface area contributed by atoms with Crippen molar-refractivity contribution in [3.63, 3.8) is 0 Å². The second-order valence-corrected chi connectivity index (χ2v) is 6.69. The molecule has 1 saturated carbocycles. The van der Waals surface area contributed by atoms with Gasteiger partial charge >= 0.3 is 0 Å². The number of rotatable bonds is 4. The van der Waals surface area contributed by atoms with Gasteiger partial charge < -0.3 is 10.8 Å². The van der Waals surface area contributed by atoms with Gasteiger partial charge in [0.1, 0.15) is 0 Å². The predicted octanol–water partition coefficient (Wildman–Crippen LogP) is 1.99. The Bertz CT molecular complexity index is 249. The minimum Gasteiger partial charge on any atom is -0.395 e. The van der Waals surface area contributed by atoms with E-state index in [1.807, 2.05) is 0 Å². The first-order valence-corrected chi connectivity index (χ1v) is 7.74. The molecule has 2 rings (SSSR count). The Labute approximate surface area is 112 Å². The first-order valence-electron chi connectivity index (χ1n) is 7.74. The van der Waals surface area contributed by atoms with E-state index in [-0.39, 0.29) is 0 Å². The van der Waals surface area contributed by atoms with Crippen LogP contribution in [0.25, 0.3) is 0 Å². The Balaban J connectivity index is 1.96. The highest BCUT2D eigenvalue weighted by Gasteiger charge is 2.36. The van der Waals surface area contributed by atoms with Crippen molar-refractivity contribution in [2.24, 2.45) is 17.1 Å². The van der Waals surface area contributed by atoms with Gasteiger partial charge in [0.25, 0.3) is 0 Å². The third kappa shape index (κ3) is 3.25. The van der Waals surface area contributed by atoms with E-state index in [0.717, 1.165) is 32.0 Å². The lowest BCUT2D eigenvalue weighted by atomic mass is 9.70. The van der Waals surface area contributed by atoms with Gasteiger partial charge in [-0.2, -0.15) is 0 Å². The van der Waals surface area contributed by atoms with Crippen LogP contribution in [0.15, 0.2) is 0 Å². The zero-order valence-electron chi connectivity index (χ0n) is 11.9. The highest BCUT2D eigenvalue weighted by molar-refractivity contribution is 4.90. The van der Waals surface area contributed by atoms with Crippen LogP contribution in [0.4, 0.5) is 0 Å². The lowest BCUT2D eigenvalue weighted by Gasteiger charge is -2.45. The summed E-state index contributed by atoms with van der Waals surface area (Å²) in [4.78, 5) is 2.52. The van der Waals surface area contributed by atoms with Crippen molar-refractivity contribution in [1.29, 1.82) is 0 Å². The number of piperidine rings is 1. The Kier molecular flexibility index (Phi) is 5.05. The summed E-state index contributed by atoms with van der Waals surface area (Å²) in [5.74, 6) is 0.875. The van der Waals surface area contributed by atoms with Gasteiger partial charge in [-0.25, -0.2) is 0 Å². The molecule has 0 radical (unpaired) electrons. The molecule has 1 atom stereocenters. The molecule has 0 aromatic rings. The monoisotopic (exact) mass is 254 g/mol. The van der Waals surface area contributed by atoms with E-state index in [0.29, 0.717) is 18.1 Å². The standard InChI is InChI=1S/C15H30N2O/c1-13-5-7-15(11-16,8-6-13)12-17-9-3-2-4-14(17)10-18/h13-14,18H,2-12,16H2,1H3. The van der Waals surface area contributed by atoms with Crippen molar-refractivity contribution in [1.82, 2.24) is 4.90 Å². The summed E-state index contributed by atoms with van der Waals surface area (Å²) in [5.41, 5.74) is 6.43. The number of nitrogens with two attached hydrogens (primary N) is 1. The lowest BCUT2D eigenvalue weighted by Crippen LogP contribution is -2.51. The molecule has 0 spiro atoms. The van der Waals surface area contributed by atoms with Crippen LogP contribution < -0.4 is 5.73 Å². The first kappa shape index (κ1) is 14.3. The summed E-state index contributed by atoms with van der Waals surface area (Å²) in [7, 11) is 0. The number of nitrogens with zero attached hydrogens (tertiary/aromatic N) is 1. The summed E-state index contributed by atoms with van der Waals surface area (Å²) in [6.07, 6.45) is 8.93. The minimum atomic E-state index is 0.317. The molecule has 2 fully saturated rings. The maximum atomic E-state index is 9.52. The van der Waals surface area contributed by atoms with E-state index >= 15 is 0 Å². The normalized spacial score (nSPS) is 38.8. The van der Waals surface area contributed by atoms with Gasteiger partial charge in [-0.15, -0.1) is 0 Å². The molecule has 2 aliphatic rings. The van der Waals surface area contributed by atoms with Crippen molar-refractivity contribution < 1.29 is 5.11 Å². The van der Waals surface area contributed by atoms with Crippen LogP contribution in [0.2, 0.25) is 0 Å². The minimum absolute atomic E-state index is 0.317. The molecule has 3 heteroatoms. The highest BCUT2D eigenvalue weighted by Crippen LogP contribution is 2.39. The summed E-state index contributed by atoms with van der Waals surface area (Å²) in [6, 6.07) is 0.390. The smallest absolute Gasteiger partial charge is 0.0586 e. The molecule has 1 heterocycles. The molecule has 1 aliphatic heterocycles. The summed E-state index contributed by atoms with van der Waals surface area (Å²) in [5, 5.41) is 9.52. The van der Waals surface area contributed by atoms with Crippen LogP contribution in [0.1, 0.15) is 51.9 Å². The molecule has 3 nitrogen and oxygen atoms in total. The van der Waals surface area contributed by atoms with E-state index in [9.17, 15) is 5.11 Å². The second kappa shape index (κ2) is 6.36. The molecule has 3 N–H and O–H groups in total. The van der Waals surface area contributed by atoms with Crippen LogP contribution in [0.5, 0.6) is 0 Å². The average Bonchev–Trinajstić information content (AvgIpc) is 2.42. The van der Waals surface area contributed by atoms with Crippen LogP contribution >= 0.6 is 0 Å². The van der Waals surface area contributed by atoms with Crippen LogP contribution in [-0.2, 0) is 0 Å². The zero-order valence-corrected chi connectivity index (χ0v) is 11.9. The van der Waals surface area contributed by atoms with Gasteiger partial charge in [0.2, 0.25) is 0 Å². The third-order valence-corrected chi connectivity index (χ3v) is 5.27. The van der Waals surface area contributed by atoms with E-state index < -0.39 is 0 Å². The van der Waals surface area contributed by atoms with Crippen molar-refractivity contribution in [2.45, 2.75) is 57.9 Å². The van der Waals surface area contributed by atoms with Crippen molar-refractivity contribution in [3.8, 4) is 0 Å². The average molecular weight is 254 g/mol. The molecule has 0 aromatic heterocycles. The largest absolute Gasteiger partial charge is 0.395 e. The van der Waals surface area contributed by atoms with Crippen LogP contribution in [0.3, 0.4) is 0 Å². The fraction of sp³-hybridized carbons (Fsp3) is 1.00. The Morgan fingerprint density at radius 2 is 1.94 bits per heavy atom. The number of likely N-dealkylation sites (tertiary alicyclic amines) is 1. The molecule has 18 heavy (non-hydrogen) atoms. The van der Waals surface area contributed by atoms with E-state index in [1.54, 1.807) is 0 Å². The van der Waals surface area contributed by atoms with E-state index in [4.69, 9.17) is 5.73 Å². The number of hydrogen-bond acceptors (Lipinski definition) is 3. The topological polar surface area (TPSA) is 49.5 Å². The molecule has 0 bridgehead atoms. The van der Waals surface area contributed by atoms with Gasteiger partial charge in [0, 0.05) is 12.6 Å². The van der Waals surface area contributed by atoms with E-state index in [1.165, 1.54) is 38.5 Å². The summed E-state index contributed by atoms with van der Waals surface area (Å²) < 4.78 is 0. The number of aliphatic hydroxyl groups is 1. The predicted molar refractivity (Wildman–Crippen MR) is 75.4 cm³/mol. The van der Waals surface area contributed by atoms with Gasteiger partial charge in [-0.1, -0.05) is 26.2 Å². The fourth-order valence-corrected chi connectivity index (χ4v) is 3.71. The summed E-state index contributed by atoms with van der Waals surface area (Å²) >= 11 is 0. The summed E-state index contributed by atoms with van der Waals surface area (Å²) in [6.45, 7) is 5.76. The third-order valence-electron chi connectivity index (χ3n) is 5.27. The fourth-order valence-electron chi connectivity index (χ4n) is 3.71. The lowest BCUT2D eigenvalue weighted by molar-refractivity contribution is 0.0288. The van der Waals surface area contributed by atoms with Gasteiger partial charge in [-0.05, 0) is 50.1 Å². The SMILES string of the molecule is CC1CCC(CN)(CN2CCCCC2CO)CC1. The number of hydrogen-bond donors (Lipinski definition) is 2. The zero-order chi connectivity index (χ0) is 13.0. The Morgan fingerprint density at radius 1 is 1.22 bits per heavy atom.